The van der Waals surface area contributed by atoms with Crippen LogP contribution in [0.15, 0.2) is 34.3 Å². The summed E-state index contributed by atoms with van der Waals surface area (Å²) in [5.74, 6) is -3.14. The number of nitrogens with zero attached hydrogens (tertiary/aromatic N) is 3. The molecule has 1 N–H and O–H groups in total. The molecule has 256 valence electrons. The van der Waals surface area contributed by atoms with Gasteiger partial charge in [-0.05, 0) is 38.2 Å². The number of esters is 1. The highest BCUT2D eigenvalue weighted by atomic mass is 19.1. The molecular weight excluding hydrogens is 618 g/mol. The fraction of sp³-hybridized carbons (Fsp3) is 0.545. The van der Waals surface area contributed by atoms with Gasteiger partial charge in [0.25, 0.3) is 11.8 Å². The second-order valence-electron chi connectivity index (χ2n) is 12.7. The SMILES string of the molecule is COC1=NO[C@@]2(CC[C@H](C)N3C[C@H]2n2cc(C(=O)NCc4ccc(F)cc4F)c(=O)c(OCOC(=O)CCCCC(C)C)c2C3=O)C1.[HH]. The average molecular weight is 661 g/mol. The first kappa shape index (κ1) is 33.9. The van der Waals surface area contributed by atoms with Gasteiger partial charge in [-0.15, -0.1) is 0 Å². The first-order valence-corrected chi connectivity index (χ1v) is 15.8. The second kappa shape index (κ2) is 14.1. The monoisotopic (exact) mass is 660 g/mol. The van der Waals surface area contributed by atoms with Crippen LogP contribution in [-0.2, 0) is 25.7 Å². The molecule has 1 spiro atoms. The first-order chi connectivity index (χ1) is 22.4. The van der Waals surface area contributed by atoms with Crippen molar-refractivity contribution in [3.63, 3.8) is 0 Å². The molecule has 0 unspecified atom stereocenters. The third kappa shape index (κ3) is 7.10. The van der Waals surface area contributed by atoms with Crippen molar-refractivity contribution in [1.29, 1.82) is 0 Å². The minimum atomic E-state index is -0.969. The molecule has 3 aliphatic rings. The molecule has 12 nitrogen and oxygen atoms in total. The summed E-state index contributed by atoms with van der Waals surface area (Å²) in [6, 6.07) is 2.08. The smallest absolute Gasteiger partial charge is 0.308 e. The Morgan fingerprint density at radius 1 is 1.23 bits per heavy atom. The number of rotatable bonds is 11. The van der Waals surface area contributed by atoms with Crippen LogP contribution < -0.4 is 15.5 Å². The van der Waals surface area contributed by atoms with Crippen LogP contribution in [-0.4, -0.2) is 65.2 Å². The van der Waals surface area contributed by atoms with E-state index < -0.39 is 64.6 Å². The Kier molecular flexibility index (Phi) is 10.2. The Hall–Kier alpha value is -4.49. The molecule has 14 heteroatoms. The van der Waals surface area contributed by atoms with Gasteiger partial charge in [-0.3, -0.25) is 19.2 Å². The standard InChI is InChI=1S/C33H40F2N4O8.H2/c1-19(2)7-5-6-8-27(40)45-18-46-30-28-32(43)38-17-25(33(12-11-20(38)3)14-26(44-4)37-47-33)39(28)16-23(29(30)41)31(42)36-15-21-9-10-22(34)13-24(21)35;/h9-10,13,16,19-20,25H,5-8,11-12,14-15,17-18H2,1-4H3,(H,36,42);1H/t20-,25+,33-;/m0./s1. The first-order valence-electron chi connectivity index (χ1n) is 15.8. The van der Waals surface area contributed by atoms with E-state index in [0.29, 0.717) is 37.1 Å². The predicted octanol–water partition coefficient (Wildman–Crippen LogP) is 4.70. The number of ether oxygens (including phenoxy) is 3. The summed E-state index contributed by atoms with van der Waals surface area (Å²) in [5, 5.41) is 6.61. The van der Waals surface area contributed by atoms with E-state index in [9.17, 15) is 28.0 Å². The molecule has 3 atom stereocenters. The molecule has 47 heavy (non-hydrogen) atoms. The molecule has 1 saturated heterocycles. The summed E-state index contributed by atoms with van der Waals surface area (Å²) >= 11 is 0. The Labute approximate surface area is 272 Å². The van der Waals surface area contributed by atoms with E-state index in [-0.39, 0.29) is 44.7 Å². The topological polar surface area (TPSA) is 138 Å². The normalized spacial score (nSPS) is 21.6. The number of methoxy groups -OCH3 is 1. The van der Waals surface area contributed by atoms with Gasteiger partial charge in [-0.25, -0.2) is 8.78 Å². The zero-order chi connectivity index (χ0) is 33.9. The molecule has 0 aliphatic carbocycles. The molecule has 2 aromatic rings. The van der Waals surface area contributed by atoms with Crippen LogP contribution in [0.3, 0.4) is 0 Å². The number of hydrogen-bond acceptors (Lipinski definition) is 9. The van der Waals surface area contributed by atoms with Crippen molar-refractivity contribution >= 4 is 23.7 Å². The minimum absolute atomic E-state index is 0. The minimum Gasteiger partial charge on any atom is -0.482 e. The van der Waals surface area contributed by atoms with Gasteiger partial charge >= 0.3 is 5.97 Å². The summed E-state index contributed by atoms with van der Waals surface area (Å²) in [5.41, 5.74) is -2.41. The molecule has 5 rings (SSSR count). The molecule has 1 aromatic carbocycles. The molecule has 4 heterocycles. The van der Waals surface area contributed by atoms with Crippen LogP contribution in [0.2, 0.25) is 0 Å². The van der Waals surface area contributed by atoms with E-state index in [1.807, 2.05) is 6.92 Å². The number of nitrogens with one attached hydrogen (secondary N) is 1. The van der Waals surface area contributed by atoms with E-state index in [1.54, 1.807) is 4.90 Å². The molecule has 1 fully saturated rings. The maximum Gasteiger partial charge on any atom is 0.308 e. The van der Waals surface area contributed by atoms with Crippen molar-refractivity contribution < 1.29 is 43.6 Å². The summed E-state index contributed by atoms with van der Waals surface area (Å²) in [6.45, 7) is 5.27. The van der Waals surface area contributed by atoms with Crippen molar-refractivity contribution in [2.24, 2.45) is 11.1 Å². The lowest BCUT2D eigenvalue weighted by atomic mass is 9.85. The van der Waals surface area contributed by atoms with Crippen molar-refractivity contribution in [2.75, 3.05) is 20.4 Å². The van der Waals surface area contributed by atoms with Crippen LogP contribution in [0, 0.1) is 17.6 Å². The molecule has 2 bridgehead atoms. The largest absolute Gasteiger partial charge is 0.482 e. The second-order valence-corrected chi connectivity index (χ2v) is 12.7. The number of oxime groups is 1. The highest BCUT2D eigenvalue weighted by Crippen LogP contribution is 2.46. The Balaban J connectivity index is 0.00000520. The van der Waals surface area contributed by atoms with Crippen LogP contribution in [0.25, 0.3) is 0 Å². The quantitative estimate of drug-likeness (QED) is 0.208. The molecule has 1 aromatic heterocycles. The molecule has 0 radical (unpaired) electrons. The number of unbranched alkanes of at least 4 members (excludes halogenated alkanes) is 1. The van der Waals surface area contributed by atoms with Crippen molar-refractivity contribution in [3.8, 4) is 5.75 Å². The average Bonchev–Trinajstić information content (AvgIpc) is 3.41. The Bertz CT molecular complexity index is 1630. The van der Waals surface area contributed by atoms with Crippen molar-refractivity contribution in [1.82, 2.24) is 14.8 Å². The lowest BCUT2D eigenvalue weighted by Gasteiger charge is -2.42. The lowest BCUT2D eigenvalue weighted by molar-refractivity contribution is -0.150. The highest BCUT2D eigenvalue weighted by Gasteiger charge is 2.55. The van der Waals surface area contributed by atoms with Gasteiger partial charge in [0.2, 0.25) is 23.9 Å². The van der Waals surface area contributed by atoms with Crippen molar-refractivity contribution in [3.05, 3.63) is 63.1 Å². The van der Waals surface area contributed by atoms with E-state index in [4.69, 9.17) is 19.0 Å². The van der Waals surface area contributed by atoms with Crippen molar-refractivity contribution in [2.45, 2.75) is 89.9 Å². The van der Waals surface area contributed by atoms with Gasteiger partial charge in [0.1, 0.15) is 17.2 Å². The number of fused-ring (bicyclic) bond motifs is 5. The number of halogens is 2. The van der Waals surface area contributed by atoms with Gasteiger partial charge in [0, 0.05) is 44.8 Å². The van der Waals surface area contributed by atoms with E-state index in [2.05, 4.69) is 24.3 Å². The predicted molar refractivity (Wildman–Crippen MR) is 167 cm³/mol. The Morgan fingerprint density at radius 3 is 2.72 bits per heavy atom. The third-order valence-corrected chi connectivity index (χ3v) is 9.04. The van der Waals surface area contributed by atoms with Gasteiger partial charge < -0.3 is 33.8 Å². The molecule has 2 amide bonds. The molecule has 3 aliphatic heterocycles. The van der Waals surface area contributed by atoms with E-state index in [1.165, 1.54) is 23.9 Å². The number of carbonyl (C=O) groups excluding carboxylic acids is 3. The summed E-state index contributed by atoms with van der Waals surface area (Å²) in [6.07, 6.45) is 5.20. The zero-order valence-electron chi connectivity index (χ0n) is 27.0. The van der Waals surface area contributed by atoms with Crippen LogP contribution in [0.1, 0.15) is 99.6 Å². The van der Waals surface area contributed by atoms with Gasteiger partial charge in [-0.2, -0.15) is 0 Å². The summed E-state index contributed by atoms with van der Waals surface area (Å²) in [4.78, 5) is 61.4. The van der Waals surface area contributed by atoms with Crippen LogP contribution in [0.4, 0.5) is 8.78 Å². The van der Waals surface area contributed by atoms with Gasteiger partial charge in [0.15, 0.2) is 11.3 Å². The van der Waals surface area contributed by atoms with E-state index in [0.717, 1.165) is 18.9 Å². The number of aromatic nitrogens is 1. The molecular formula is C33H42F2N4O8. The van der Waals surface area contributed by atoms with E-state index >= 15 is 0 Å². The van der Waals surface area contributed by atoms with Gasteiger partial charge in [-0.1, -0.05) is 37.9 Å². The highest BCUT2D eigenvalue weighted by molar-refractivity contribution is 5.99. The maximum absolute atomic E-state index is 14.3. The van der Waals surface area contributed by atoms with Gasteiger partial charge in [0.05, 0.1) is 19.6 Å². The fourth-order valence-electron chi connectivity index (χ4n) is 6.30. The number of benzene rings is 1. The number of carbonyl (C=O) groups is 3. The fourth-order valence-corrected chi connectivity index (χ4v) is 6.30. The zero-order valence-corrected chi connectivity index (χ0v) is 27.0. The molecule has 0 saturated carbocycles. The summed E-state index contributed by atoms with van der Waals surface area (Å²) < 4.78 is 45.6. The van der Waals surface area contributed by atoms with Crippen LogP contribution >= 0.6 is 0 Å². The van der Waals surface area contributed by atoms with Crippen LogP contribution in [0.5, 0.6) is 5.75 Å². The third-order valence-electron chi connectivity index (χ3n) is 9.04. The lowest BCUT2D eigenvalue weighted by Crippen LogP contribution is -2.52. The number of hydrogen-bond donors (Lipinski definition) is 1. The number of amides is 2. The summed E-state index contributed by atoms with van der Waals surface area (Å²) in [7, 11) is 1.48. The number of pyridine rings is 1. The maximum atomic E-state index is 14.3. The Morgan fingerprint density at radius 2 is 2.02 bits per heavy atom.